The molecule has 0 radical (unpaired) electrons. The molecule has 0 amide bonds. The molecule has 0 fully saturated rings. The Morgan fingerprint density at radius 1 is 0.697 bits per heavy atom. The molecule has 2 aliphatic heterocycles. The van der Waals surface area contributed by atoms with Crippen molar-refractivity contribution < 1.29 is 14.2 Å². The van der Waals surface area contributed by atoms with Crippen LogP contribution in [0, 0.1) is 0 Å². The van der Waals surface area contributed by atoms with Gasteiger partial charge in [0.05, 0.1) is 0 Å². The normalized spacial score (nSPS) is 16.8. The zero-order valence-corrected chi connectivity index (χ0v) is 18.4. The van der Waals surface area contributed by atoms with E-state index in [2.05, 4.69) is 52.3 Å². The maximum Gasteiger partial charge on any atom is 0.161 e. The van der Waals surface area contributed by atoms with Crippen molar-refractivity contribution in [2.24, 2.45) is 0 Å². The first-order valence-corrected chi connectivity index (χ1v) is 11.4. The summed E-state index contributed by atoms with van der Waals surface area (Å²) in [6, 6.07) is 22.4. The molecule has 33 heavy (non-hydrogen) atoms. The number of rotatable bonds is 4. The van der Waals surface area contributed by atoms with Gasteiger partial charge < -0.3 is 24.0 Å². The van der Waals surface area contributed by atoms with E-state index in [1.165, 1.54) is 5.70 Å². The van der Waals surface area contributed by atoms with Gasteiger partial charge in [0.15, 0.2) is 13.5 Å². The van der Waals surface area contributed by atoms with E-state index in [4.69, 9.17) is 14.2 Å². The van der Waals surface area contributed by atoms with Gasteiger partial charge in [-0.2, -0.15) is 0 Å². The molecule has 3 aliphatic rings. The highest BCUT2D eigenvalue weighted by molar-refractivity contribution is 5.52. The summed E-state index contributed by atoms with van der Waals surface area (Å²) >= 11 is 0. The maximum absolute atomic E-state index is 6.26. The second kappa shape index (κ2) is 8.58. The highest BCUT2D eigenvalue weighted by Crippen LogP contribution is 2.35. The standard InChI is InChI=1S/C28H26N2O3/c1-3-7-23(8-4-1)29-17-21-15-25(11-13-27(21)31-19-29)33-26-12-14-28-22(16-26)18-30(20-32-28)24-9-5-2-6-10-24/h1,3-5,7-16H,2,6,17-20H2. The van der Waals surface area contributed by atoms with Crippen molar-refractivity contribution >= 4 is 5.69 Å². The fourth-order valence-corrected chi connectivity index (χ4v) is 4.51. The minimum atomic E-state index is 0.546. The smallest absolute Gasteiger partial charge is 0.161 e. The van der Waals surface area contributed by atoms with E-state index in [1.54, 1.807) is 0 Å². The molecule has 0 saturated carbocycles. The van der Waals surface area contributed by atoms with Gasteiger partial charge in [-0.25, -0.2) is 0 Å². The average Bonchev–Trinajstić information content (AvgIpc) is 2.89. The van der Waals surface area contributed by atoms with E-state index >= 15 is 0 Å². The zero-order chi connectivity index (χ0) is 22.0. The van der Waals surface area contributed by atoms with Crippen LogP contribution >= 0.6 is 0 Å². The number of ether oxygens (including phenoxy) is 3. The number of allylic oxidation sites excluding steroid dienone is 3. The monoisotopic (exact) mass is 438 g/mol. The summed E-state index contributed by atoms with van der Waals surface area (Å²) in [6.45, 7) is 2.72. The molecule has 2 heterocycles. The first kappa shape index (κ1) is 19.8. The lowest BCUT2D eigenvalue weighted by Gasteiger charge is -2.32. The molecule has 3 aromatic carbocycles. The van der Waals surface area contributed by atoms with Crippen LogP contribution < -0.4 is 19.1 Å². The van der Waals surface area contributed by atoms with Crippen molar-refractivity contribution in [1.29, 1.82) is 0 Å². The van der Waals surface area contributed by atoms with Crippen molar-refractivity contribution in [3.63, 3.8) is 0 Å². The third-order valence-electron chi connectivity index (χ3n) is 6.24. The van der Waals surface area contributed by atoms with Crippen LogP contribution in [0.3, 0.4) is 0 Å². The van der Waals surface area contributed by atoms with E-state index in [0.29, 0.717) is 13.5 Å². The fraction of sp³-hybridized carbons (Fsp3) is 0.214. The number of anilines is 1. The van der Waals surface area contributed by atoms with Gasteiger partial charge in [0, 0.05) is 35.6 Å². The predicted molar refractivity (Wildman–Crippen MR) is 129 cm³/mol. The number of para-hydroxylation sites is 1. The van der Waals surface area contributed by atoms with E-state index in [0.717, 1.165) is 65.7 Å². The molecule has 0 unspecified atom stereocenters. The molecule has 0 atom stereocenters. The number of benzene rings is 3. The largest absolute Gasteiger partial charge is 0.473 e. The summed E-state index contributed by atoms with van der Waals surface area (Å²) in [5, 5.41) is 0. The van der Waals surface area contributed by atoms with Crippen molar-refractivity contribution in [1.82, 2.24) is 4.90 Å². The quantitative estimate of drug-likeness (QED) is 0.483. The van der Waals surface area contributed by atoms with Crippen molar-refractivity contribution in [3.05, 3.63) is 102 Å². The topological polar surface area (TPSA) is 34.2 Å². The molecular weight excluding hydrogens is 412 g/mol. The summed E-state index contributed by atoms with van der Waals surface area (Å²) in [5.41, 5.74) is 4.63. The highest BCUT2D eigenvalue weighted by atomic mass is 16.5. The second-order valence-electron chi connectivity index (χ2n) is 8.53. The van der Waals surface area contributed by atoms with E-state index in [-0.39, 0.29) is 0 Å². The molecule has 0 bridgehead atoms. The third kappa shape index (κ3) is 4.14. The summed E-state index contributed by atoms with van der Waals surface area (Å²) in [6.07, 6.45) is 8.89. The molecule has 6 rings (SSSR count). The molecule has 0 aromatic heterocycles. The van der Waals surface area contributed by atoms with Crippen LogP contribution in [-0.2, 0) is 13.1 Å². The van der Waals surface area contributed by atoms with E-state index in [1.807, 2.05) is 42.5 Å². The predicted octanol–water partition coefficient (Wildman–Crippen LogP) is 6.22. The van der Waals surface area contributed by atoms with Crippen molar-refractivity contribution in [2.45, 2.75) is 25.9 Å². The molecular formula is C28H26N2O3. The number of hydrogen-bond acceptors (Lipinski definition) is 5. The van der Waals surface area contributed by atoms with Crippen molar-refractivity contribution in [2.75, 3.05) is 18.4 Å². The summed E-state index contributed by atoms with van der Waals surface area (Å²) in [4.78, 5) is 4.47. The molecule has 1 aliphatic carbocycles. The van der Waals surface area contributed by atoms with Gasteiger partial charge in [-0.1, -0.05) is 30.4 Å². The van der Waals surface area contributed by atoms with Crippen LogP contribution in [0.1, 0.15) is 24.0 Å². The lowest BCUT2D eigenvalue weighted by molar-refractivity contribution is 0.131. The van der Waals surface area contributed by atoms with Gasteiger partial charge in [0.25, 0.3) is 0 Å². The Kier molecular flexibility index (Phi) is 5.15. The molecule has 5 nitrogen and oxygen atoms in total. The Morgan fingerprint density at radius 3 is 2.03 bits per heavy atom. The minimum Gasteiger partial charge on any atom is -0.473 e. The number of fused-ring (bicyclic) bond motifs is 2. The van der Waals surface area contributed by atoms with Gasteiger partial charge in [0.1, 0.15) is 23.0 Å². The third-order valence-corrected chi connectivity index (χ3v) is 6.24. The Bertz CT molecular complexity index is 1220. The Hall–Kier alpha value is -3.86. The molecule has 0 saturated heterocycles. The lowest BCUT2D eigenvalue weighted by atomic mass is 10.1. The molecule has 3 aromatic rings. The maximum atomic E-state index is 6.26. The van der Waals surface area contributed by atoms with E-state index in [9.17, 15) is 0 Å². The lowest BCUT2D eigenvalue weighted by Crippen LogP contribution is -2.31. The Balaban J connectivity index is 1.19. The van der Waals surface area contributed by atoms with Crippen molar-refractivity contribution in [3.8, 4) is 23.0 Å². The van der Waals surface area contributed by atoms with Crippen LogP contribution in [0.4, 0.5) is 5.69 Å². The summed E-state index contributed by atoms with van der Waals surface area (Å²) in [5.74, 6) is 3.46. The Morgan fingerprint density at radius 2 is 1.36 bits per heavy atom. The highest BCUT2D eigenvalue weighted by Gasteiger charge is 2.21. The van der Waals surface area contributed by atoms with Gasteiger partial charge >= 0.3 is 0 Å². The van der Waals surface area contributed by atoms with E-state index < -0.39 is 0 Å². The van der Waals surface area contributed by atoms with Crippen LogP contribution in [-0.4, -0.2) is 18.4 Å². The van der Waals surface area contributed by atoms with Gasteiger partial charge in [-0.05, 0) is 67.4 Å². The SMILES string of the molecule is C1=CC(N2COc3ccc(Oc4ccc5c(c4)CN(c4ccccc4)CO5)cc3C2)=CCC1. The second-order valence-corrected chi connectivity index (χ2v) is 8.53. The molecule has 5 heteroatoms. The van der Waals surface area contributed by atoms with Gasteiger partial charge in [0.2, 0.25) is 0 Å². The zero-order valence-electron chi connectivity index (χ0n) is 18.4. The van der Waals surface area contributed by atoms with Gasteiger partial charge in [-0.3, -0.25) is 0 Å². The van der Waals surface area contributed by atoms with Crippen LogP contribution in [0.5, 0.6) is 23.0 Å². The summed E-state index contributed by atoms with van der Waals surface area (Å²) in [7, 11) is 0. The first-order chi connectivity index (χ1) is 16.3. The number of hydrogen-bond donors (Lipinski definition) is 0. The summed E-state index contributed by atoms with van der Waals surface area (Å²) < 4.78 is 18.2. The van der Waals surface area contributed by atoms with Gasteiger partial charge in [-0.15, -0.1) is 0 Å². The molecule has 0 N–H and O–H groups in total. The average molecular weight is 439 g/mol. The first-order valence-electron chi connectivity index (χ1n) is 11.4. The Labute approximate surface area is 194 Å². The van der Waals surface area contributed by atoms with Crippen LogP contribution in [0.25, 0.3) is 0 Å². The molecule has 0 spiro atoms. The fourth-order valence-electron chi connectivity index (χ4n) is 4.51. The minimum absolute atomic E-state index is 0.546. The number of nitrogens with zero attached hydrogens (tertiary/aromatic N) is 2. The van der Waals surface area contributed by atoms with Crippen LogP contribution in [0.15, 0.2) is 90.7 Å². The molecule has 166 valence electrons. The van der Waals surface area contributed by atoms with Crippen LogP contribution in [0.2, 0.25) is 0 Å².